The highest BCUT2D eigenvalue weighted by Crippen LogP contribution is 2.40. The van der Waals surface area contributed by atoms with Crippen molar-refractivity contribution in [3.63, 3.8) is 0 Å². The van der Waals surface area contributed by atoms with Crippen molar-refractivity contribution in [2.75, 3.05) is 34.5 Å². The van der Waals surface area contributed by atoms with E-state index in [0.29, 0.717) is 29.0 Å². The number of carbonyl (C=O) groups is 1. The van der Waals surface area contributed by atoms with Crippen LogP contribution in [0.1, 0.15) is 26.3 Å². The SMILES string of the molecule is CCOC(=O)COc1cc(OC)c2c(=O)c(OC)c(-c3ccc(OC)cc3)oc2c1CC=C(C)C. The van der Waals surface area contributed by atoms with Crippen molar-refractivity contribution in [2.45, 2.75) is 27.2 Å². The second kappa shape index (κ2) is 11.5. The standard InChI is InChI=1S/C27H30O8/c1-7-33-22(28)15-34-20-14-21(31-5)23-24(29)27(32-6)25(17-9-11-18(30-4)12-10-17)35-26(23)19(20)13-8-16(2)3/h8-12,14H,7,13,15H2,1-6H3. The third-order valence-corrected chi connectivity index (χ3v) is 5.29. The molecule has 0 radical (unpaired) electrons. The number of rotatable bonds is 10. The minimum atomic E-state index is -0.505. The summed E-state index contributed by atoms with van der Waals surface area (Å²) in [6.07, 6.45) is 2.38. The molecule has 0 amide bonds. The van der Waals surface area contributed by atoms with Crippen molar-refractivity contribution in [1.29, 1.82) is 0 Å². The maximum absolute atomic E-state index is 13.6. The molecule has 8 heteroatoms. The van der Waals surface area contributed by atoms with Gasteiger partial charge in [0.2, 0.25) is 11.2 Å². The number of carbonyl (C=O) groups excluding carboxylic acids is 1. The number of methoxy groups -OCH3 is 3. The number of ether oxygens (including phenoxy) is 5. The summed E-state index contributed by atoms with van der Waals surface area (Å²) in [5.74, 6) is 1.07. The van der Waals surface area contributed by atoms with Gasteiger partial charge in [0.15, 0.2) is 12.4 Å². The van der Waals surface area contributed by atoms with Crippen molar-refractivity contribution in [1.82, 2.24) is 0 Å². The van der Waals surface area contributed by atoms with E-state index in [0.717, 1.165) is 5.57 Å². The fourth-order valence-electron chi connectivity index (χ4n) is 3.59. The first kappa shape index (κ1) is 25.7. The van der Waals surface area contributed by atoms with Crippen molar-refractivity contribution >= 4 is 16.9 Å². The number of allylic oxidation sites excluding steroid dienone is 2. The van der Waals surface area contributed by atoms with Crippen molar-refractivity contribution < 1.29 is 32.9 Å². The van der Waals surface area contributed by atoms with Crippen LogP contribution < -0.4 is 24.4 Å². The first-order valence-electron chi connectivity index (χ1n) is 11.1. The molecule has 3 aromatic rings. The van der Waals surface area contributed by atoms with E-state index in [4.69, 9.17) is 28.1 Å². The van der Waals surface area contributed by atoms with E-state index in [1.807, 2.05) is 19.9 Å². The highest BCUT2D eigenvalue weighted by Gasteiger charge is 2.25. The van der Waals surface area contributed by atoms with E-state index in [9.17, 15) is 9.59 Å². The predicted octanol–water partition coefficient (Wildman–Crippen LogP) is 4.94. The highest BCUT2D eigenvalue weighted by atomic mass is 16.6. The molecule has 35 heavy (non-hydrogen) atoms. The average molecular weight is 483 g/mol. The molecule has 0 saturated carbocycles. The molecule has 0 N–H and O–H groups in total. The van der Waals surface area contributed by atoms with Crippen molar-refractivity contribution in [3.05, 3.63) is 57.8 Å². The first-order valence-corrected chi connectivity index (χ1v) is 11.1. The van der Waals surface area contributed by atoms with Gasteiger partial charge in [0, 0.05) is 17.2 Å². The lowest BCUT2D eigenvalue weighted by molar-refractivity contribution is -0.145. The summed E-state index contributed by atoms with van der Waals surface area (Å²) in [5.41, 5.74) is 2.20. The number of hydrogen-bond acceptors (Lipinski definition) is 8. The molecule has 186 valence electrons. The fourth-order valence-corrected chi connectivity index (χ4v) is 3.59. The second-order valence-corrected chi connectivity index (χ2v) is 7.86. The van der Waals surface area contributed by atoms with E-state index >= 15 is 0 Å². The Morgan fingerprint density at radius 1 is 1.00 bits per heavy atom. The second-order valence-electron chi connectivity index (χ2n) is 7.86. The molecule has 0 aliphatic heterocycles. The molecule has 0 spiro atoms. The molecule has 3 rings (SSSR count). The minimum absolute atomic E-state index is 0.0503. The maximum atomic E-state index is 13.6. The zero-order valence-electron chi connectivity index (χ0n) is 20.9. The van der Waals surface area contributed by atoms with Crippen LogP contribution in [0.25, 0.3) is 22.3 Å². The van der Waals surface area contributed by atoms with Gasteiger partial charge in [-0.1, -0.05) is 11.6 Å². The van der Waals surface area contributed by atoms with E-state index in [1.165, 1.54) is 14.2 Å². The zero-order valence-corrected chi connectivity index (χ0v) is 20.9. The van der Waals surface area contributed by atoms with Gasteiger partial charge in [0.05, 0.1) is 27.9 Å². The Hall–Kier alpha value is -3.94. The maximum Gasteiger partial charge on any atom is 0.344 e. The number of esters is 1. The summed E-state index contributed by atoms with van der Waals surface area (Å²) in [6.45, 7) is 5.60. The van der Waals surface area contributed by atoms with Crippen LogP contribution in [0.4, 0.5) is 0 Å². The van der Waals surface area contributed by atoms with E-state index in [1.54, 1.807) is 44.4 Å². The van der Waals surface area contributed by atoms with Gasteiger partial charge in [-0.05, 0) is 51.5 Å². The van der Waals surface area contributed by atoms with Gasteiger partial charge in [0.1, 0.15) is 28.2 Å². The third-order valence-electron chi connectivity index (χ3n) is 5.29. The summed E-state index contributed by atoms with van der Waals surface area (Å²) in [4.78, 5) is 25.5. The molecule has 1 aromatic heterocycles. The molecule has 0 aliphatic carbocycles. The summed E-state index contributed by atoms with van der Waals surface area (Å²) in [5, 5.41) is 0.224. The molecule has 0 saturated heterocycles. The topological polar surface area (TPSA) is 93.4 Å². The molecular formula is C27H30O8. The van der Waals surface area contributed by atoms with Gasteiger partial charge < -0.3 is 28.1 Å². The average Bonchev–Trinajstić information content (AvgIpc) is 2.85. The normalized spacial score (nSPS) is 10.6. The van der Waals surface area contributed by atoms with Crippen LogP contribution in [-0.2, 0) is 16.0 Å². The summed E-state index contributed by atoms with van der Waals surface area (Å²) in [7, 11) is 4.44. The van der Waals surface area contributed by atoms with Gasteiger partial charge in [0.25, 0.3) is 0 Å². The highest BCUT2D eigenvalue weighted by molar-refractivity contribution is 5.91. The van der Waals surface area contributed by atoms with Crippen LogP contribution in [0.2, 0.25) is 0 Å². The van der Waals surface area contributed by atoms with E-state index in [-0.39, 0.29) is 46.9 Å². The molecular weight excluding hydrogens is 452 g/mol. The van der Waals surface area contributed by atoms with Gasteiger partial charge >= 0.3 is 5.97 Å². The summed E-state index contributed by atoms with van der Waals surface area (Å²) in [6, 6.07) is 8.67. The Bertz CT molecular complexity index is 1280. The van der Waals surface area contributed by atoms with Gasteiger partial charge in [-0.25, -0.2) is 4.79 Å². The molecule has 0 bridgehead atoms. The Kier molecular flexibility index (Phi) is 8.41. The summed E-state index contributed by atoms with van der Waals surface area (Å²) < 4.78 is 33.4. The lowest BCUT2D eigenvalue weighted by Gasteiger charge is -2.17. The van der Waals surface area contributed by atoms with Gasteiger partial charge in [-0.15, -0.1) is 0 Å². The van der Waals surface area contributed by atoms with Crippen LogP contribution in [0.5, 0.6) is 23.0 Å². The van der Waals surface area contributed by atoms with Crippen LogP contribution in [0.3, 0.4) is 0 Å². The third kappa shape index (κ3) is 5.59. The van der Waals surface area contributed by atoms with Crippen LogP contribution >= 0.6 is 0 Å². The zero-order chi connectivity index (χ0) is 25.5. The Morgan fingerprint density at radius 2 is 1.71 bits per heavy atom. The quantitative estimate of drug-likeness (QED) is 0.296. The minimum Gasteiger partial charge on any atom is -0.497 e. The fraction of sp³-hybridized carbons (Fsp3) is 0.333. The Labute approximate surface area is 204 Å². The first-order chi connectivity index (χ1) is 16.8. The predicted molar refractivity (Wildman–Crippen MR) is 133 cm³/mol. The molecule has 0 atom stereocenters. The van der Waals surface area contributed by atoms with Crippen molar-refractivity contribution in [3.8, 4) is 34.3 Å². The van der Waals surface area contributed by atoms with Crippen molar-refractivity contribution in [2.24, 2.45) is 0 Å². The number of hydrogen-bond donors (Lipinski definition) is 0. The van der Waals surface area contributed by atoms with Crippen LogP contribution in [0, 0.1) is 0 Å². The molecule has 1 heterocycles. The largest absolute Gasteiger partial charge is 0.497 e. The monoisotopic (exact) mass is 482 g/mol. The lowest BCUT2D eigenvalue weighted by atomic mass is 10.0. The molecule has 2 aromatic carbocycles. The lowest BCUT2D eigenvalue weighted by Crippen LogP contribution is -2.16. The van der Waals surface area contributed by atoms with Crippen LogP contribution in [0.15, 0.2) is 51.2 Å². The molecule has 8 nitrogen and oxygen atoms in total. The van der Waals surface area contributed by atoms with E-state index in [2.05, 4.69) is 0 Å². The number of fused-ring (bicyclic) bond motifs is 1. The molecule has 0 unspecified atom stereocenters. The molecule has 0 aliphatic rings. The Morgan fingerprint density at radius 3 is 2.29 bits per heavy atom. The van der Waals surface area contributed by atoms with E-state index < -0.39 is 5.97 Å². The van der Waals surface area contributed by atoms with Gasteiger partial charge in [-0.3, -0.25) is 4.79 Å². The smallest absolute Gasteiger partial charge is 0.344 e. The summed E-state index contributed by atoms with van der Waals surface area (Å²) >= 11 is 0. The van der Waals surface area contributed by atoms with Gasteiger partial charge in [-0.2, -0.15) is 0 Å². The Balaban J connectivity index is 2.32. The number of benzene rings is 2. The van der Waals surface area contributed by atoms with Crippen LogP contribution in [-0.4, -0.2) is 40.5 Å². The molecule has 0 fully saturated rings.